The van der Waals surface area contributed by atoms with Crippen LogP contribution in [0.2, 0.25) is 0 Å². The first-order chi connectivity index (χ1) is 9.15. The highest BCUT2D eigenvalue weighted by Crippen LogP contribution is 2.24. The fourth-order valence-corrected chi connectivity index (χ4v) is 3.08. The smallest absolute Gasteiger partial charge is 0.124 e. The van der Waals surface area contributed by atoms with E-state index in [9.17, 15) is 5.11 Å². The average Bonchev–Trinajstić information content (AvgIpc) is 2.81. The molecule has 0 saturated heterocycles. The Morgan fingerprint density at radius 3 is 2.58 bits per heavy atom. The van der Waals surface area contributed by atoms with Gasteiger partial charge in [0.1, 0.15) is 12.4 Å². The summed E-state index contributed by atoms with van der Waals surface area (Å²) in [5, 5.41) is 11.3. The Morgan fingerprint density at radius 1 is 1.26 bits per heavy atom. The zero-order chi connectivity index (χ0) is 13.7. The number of thiophene rings is 1. The summed E-state index contributed by atoms with van der Waals surface area (Å²) < 4.78 is 6.85. The summed E-state index contributed by atoms with van der Waals surface area (Å²) in [5.74, 6) is 0.876. The number of hydrogen-bond donors (Lipinski definition) is 1. The van der Waals surface area contributed by atoms with Gasteiger partial charge in [-0.15, -0.1) is 11.3 Å². The molecular weight excluding hydrogens is 324 g/mol. The predicted molar refractivity (Wildman–Crippen MR) is 82.8 cm³/mol. The number of ether oxygens (including phenoxy) is 1. The van der Waals surface area contributed by atoms with Crippen LogP contribution in [0.25, 0.3) is 0 Å². The van der Waals surface area contributed by atoms with E-state index in [1.54, 1.807) is 11.3 Å². The number of aryl methyl sites for hydroxylation is 1. The summed E-state index contributed by atoms with van der Waals surface area (Å²) >= 11 is 5.18. The van der Waals surface area contributed by atoms with E-state index in [0.29, 0.717) is 6.61 Å². The van der Waals surface area contributed by atoms with Crippen molar-refractivity contribution < 1.29 is 9.84 Å². The molecule has 1 unspecified atom stereocenters. The van der Waals surface area contributed by atoms with E-state index in [1.807, 2.05) is 30.5 Å². The third-order valence-electron chi connectivity index (χ3n) is 2.84. The molecule has 2 rings (SSSR count). The summed E-state index contributed by atoms with van der Waals surface area (Å²) in [6, 6.07) is 10.1. The van der Waals surface area contributed by atoms with Crippen molar-refractivity contribution in [1.82, 2.24) is 0 Å². The van der Waals surface area contributed by atoms with Gasteiger partial charge in [0, 0.05) is 4.47 Å². The summed E-state index contributed by atoms with van der Waals surface area (Å²) in [6.45, 7) is 2.40. The van der Waals surface area contributed by atoms with Gasteiger partial charge in [0.05, 0.1) is 11.0 Å². The number of aliphatic hydroxyl groups excluding tert-OH is 1. The SMILES string of the molecule is CC(O)CCc1ccc(OCc2sccc2Br)cc1. The Labute approximate surface area is 126 Å². The van der Waals surface area contributed by atoms with Crippen molar-refractivity contribution in [3.05, 3.63) is 50.6 Å². The highest BCUT2D eigenvalue weighted by molar-refractivity contribution is 9.10. The molecule has 1 atom stereocenters. The minimum atomic E-state index is -0.243. The molecule has 0 radical (unpaired) electrons. The van der Waals surface area contributed by atoms with E-state index in [4.69, 9.17) is 4.74 Å². The molecule has 1 heterocycles. The molecule has 0 aliphatic heterocycles. The van der Waals surface area contributed by atoms with Crippen LogP contribution in [0.1, 0.15) is 23.8 Å². The highest BCUT2D eigenvalue weighted by Gasteiger charge is 2.03. The van der Waals surface area contributed by atoms with Gasteiger partial charge in [0.2, 0.25) is 0 Å². The lowest BCUT2D eigenvalue weighted by molar-refractivity contribution is 0.185. The van der Waals surface area contributed by atoms with Crippen LogP contribution in [0.4, 0.5) is 0 Å². The topological polar surface area (TPSA) is 29.5 Å². The first kappa shape index (κ1) is 14.6. The average molecular weight is 341 g/mol. The van der Waals surface area contributed by atoms with Crippen molar-refractivity contribution in [2.75, 3.05) is 0 Å². The monoisotopic (exact) mass is 340 g/mol. The minimum absolute atomic E-state index is 0.243. The summed E-state index contributed by atoms with van der Waals surface area (Å²) in [7, 11) is 0. The van der Waals surface area contributed by atoms with E-state index in [1.165, 1.54) is 10.4 Å². The van der Waals surface area contributed by atoms with Gasteiger partial charge < -0.3 is 9.84 Å². The van der Waals surface area contributed by atoms with Crippen LogP contribution in [-0.2, 0) is 13.0 Å². The third kappa shape index (κ3) is 4.64. The number of halogens is 1. The molecular formula is C15H17BrO2S. The summed E-state index contributed by atoms with van der Waals surface area (Å²) in [4.78, 5) is 1.19. The van der Waals surface area contributed by atoms with Gasteiger partial charge in [-0.25, -0.2) is 0 Å². The van der Waals surface area contributed by atoms with Gasteiger partial charge in [-0.3, -0.25) is 0 Å². The highest BCUT2D eigenvalue weighted by atomic mass is 79.9. The quantitative estimate of drug-likeness (QED) is 0.844. The first-order valence-electron chi connectivity index (χ1n) is 6.27. The second-order valence-corrected chi connectivity index (χ2v) is 6.37. The zero-order valence-corrected chi connectivity index (χ0v) is 13.2. The summed E-state index contributed by atoms with van der Waals surface area (Å²) in [6.07, 6.45) is 1.45. The third-order valence-corrected chi connectivity index (χ3v) is 4.73. The molecule has 0 fully saturated rings. The normalized spacial score (nSPS) is 12.4. The molecule has 0 spiro atoms. The second-order valence-electron chi connectivity index (χ2n) is 4.51. The maximum Gasteiger partial charge on any atom is 0.124 e. The predicted octanol–water partition coefficient (Wildman–Crippen LogP) is 4.40. The second kappa shape index (κ2) is 7.08. The van der Waals surface area contributed by atoms with E-state index >= 15 is 0 Å². The van der Waals surface area contributed by atoms with Gasteiger partial charge in [-0.05, 0) is 64.8 Å². The van der Waals surface area contributed by atoms with Crippen LogP contribution in [-0.4, -0.2) is 11.2 Å². The van der Waals surface area contributed by atoms with Crippen molar-refractivity contribution >= 4 is 27.3 Å². The Balaban J connectivity index is 1.86. The van der Waals surface area contributed by atoms with E-state index in [0.717, 1.165) is 23.1 Å². The lowest BCUT2D eigenvalue weighted by Gasteiger charge is -2.07. The fourth-order valence-electron chi connectivity index (χ4n) is 1.70. The lowest BCUT2D eigenvalue weighted by Crippen LogP contribution is -2.01. The number of benzene rings is 1. The molecule has 1 aromatic carbocycles. The standard InChI is InChI=1S/C15H17BrO2S/c1-11(17)2-3-12-4-6-13(7-5-12)18-10-15-14(16)8-9-19-15/h4-9,11,17H,2-3,10H2,1H3. The molecule has 2 nitrogen and oxygen atoms in total. The molecule has 19 heavy (non-hydrogen) atoms. The first-order valence-corrected chi connectivity index (χ1v) is 7.94. The van der Waals surface area contributed by atoms with E-state index in [-0.39, 0.29) is 6.10 Å². The number of aliphatic hydroxyl groups is 1. The Kier molecular flexibility index (Phi) is 5.43. The lowest BCUT2D eigenvalue weighted by atomic mass is 10.1. The van der Waals surface area contributed by atoms with Crippen LogP contribution in [0.15, 0.2) is 40.2 Å². The molecule has 0 aliphatic carbocycles. The fraction of sp³-hybridized carbons (Fsp3) is 0.333. The van der Waals surface area contributed by atoms with Crippen LogP contribution in [0, 0.1) is 0 Å². The van der Waals surface area contributed by atoms with Gasteiger partial charge in [0.15, 0.2) is 0 Å². The molecule has 2 aromatic rings. The molecule has 1 N–H and O–H groups in total. The van der Waals surface area contributed by atoms with Crippen molar-refractivity contribution in [2.24, 2.45) is 0 Å². The summed E-state index contributed by atoms with van der Waals surface area (Å²) in [5.41, 5.74) is 1.23. The van der Waals surface area contributed by atoms with Gasteiger partial charge in [-0.1, -0.05) is 12.1 Å². The molecule has 102 valence electrons. The molecule has 0 bridgehead atoms. The molecule has 4 heteroatoms. The van der Waals surface area contributed by atoms with E-state index in [2.05, 4.69) is 28.1 Å². The van der Waals surface area contributed by atoms with Crippen molar-refractivity contribution in [3.8, 4) is 5.75 Å². The Bertz CT molecular complexity index is 505. The van der Waals surface area contributed by atoms with Gasteiger partial charge in [0.25, 0.3) is 0 Å². The minimum Gasteiger partial charge on any atom is -0.488 e. The van der Waals surface area contributed by atoms with Crippen LogP contribution in [0.3, 0.4) is 0 Å². The Morgan fingerprint density at radius 2 is 2.00 bits per heavy atom. The van der Waals surface area contributed by atoms with Gasteiger partial charge >= 0.3 is 0 Å². The van der Waals surface area contributed by atoms with Crippen LogP contribution >= 0.6 is 27.3 Å². The Hall–Kier alpha value is -0.840. The van der Waals surface area contributed by atoms with Crippen LogP contribution in [0.5, 0.6) is 5.75 Å². The largest absolute Gasteiger partial charge is 0.488 e. The van der Waals surface area contributed by atoms with Gasteiger partial charge in [-0.2, -0.15) is 0 Å². The zero-order valence-electron chi connectivity index (χ0n) is 10.8. The van der Waals surface area contributed by atoms with Crippen molar-refractivity contribution in [3.63, 3.8) is 0 Å². The molecule has 0 saturated carbocycles. The van der Waals surface area contributed by atoms with Crippen molar-refractivity contribution in [2.45, 2.75) is 32.5 Å². The molecule has 0 amide bonds. The van der Waals surface area contributed by atoms with E-state index < -0.39 is 0 Å². The molecule has 0 aliphatic rings. The molecule has 1 aromatic heterocycles. The maximum atomic E-state index is 9.26. The maximum absolute atomic E-state index is 9.26. The van der Waals surface area contributed by atoms with Crippen molar-refractivity contribution in [1.29, 1.82) is 0 Å². The number of hydrogen-bond acceptors (Lipinski definition) is 3. The number of rotatable bonds is 6. The van der Waals surface area contributed by atoms with Crippen LogP contribution < -0.4 is 4.74 Å².